The summed E-state index contributed by atoms with van der Waals surface area (Å²) in [6, 6.07) is 11.7. The van der Waals surface area contributed by atoms with E-state index >= 15 is 0 Å². The zero-order valence-corrected chi connectivity index (χ0v) is 10.7. The molecule has 0 spiro atoms. The Bertz CT molecular complexity index is 550. The molecule has 3 heteroatoms. The molecule has 0 heterocycles. The van der Waals surface area contributed by atoms with Crippen LogP contribution in [-0.2, 0) is 0 Å². The van der Waals surface area contributed by atoms with Gasteiger partial charge in [0, 0.05) is 10.7 Å². The molecule has 0 amide bonds. The van der Waals surface area contributed by atoms with Crippen LogP contribution < -0.4 is 11.1 Å². The molecule has 0 aromatic heterocycles. The zero-order chi connectivity index (χ0) is 12.4. The smallest absolute Gasteiger partial charge is 0.0619 e. The van der Waals surface area contributed by atoms with Gasteiger partial charge in [-0.3, -0.25) is 0 Å². The molecular formula is C14H15ClN2. The Morgan fingerprint density at radius 3 is 2.47 bits per heavy atom. The van der Waals surface area contributed by atoms with E-state index in [1.807, 2.05) is 12.1 Å². The second kappa shape index (κ2) is 4.68. The Kier molecular flexibility index (Phi) is 3.25. The number of rotatable bonds is 2. The average Bonchev–Trinajstić information content (AvgIpc) is 2.27. The first-order valence-electron chi connectivity index (χ1n) is 5.45. The van der Waals surface area contributed by atoms with Crippen molar-refractivity contribution < 1.29 is 0 Å². The molecule has 2 nitrogen and oxygen atoms in total. The van der Waals surface area contributed by atoms with Gasteiger partial charge in [0.1, 0.15) is 0 Å². The van der Waals surface area contributed by atoms with E-state index in [-0.39, 0.29) is 0 Å². The molecule has 17 heavy (non-hydrogen) atoms. The summed E-state index contributed by atoms with van der Waals surface area (Å²) in [4.78, 5) is 0. The lowest BCUT2D eigenvalue weighted by Crippen LogP contribution is -1.98. The highest BCUT2D eigenvalue weighted by molar-refractivity contribution is 6.31. The summed E-state index contributed by atoms with van der Waals surface area (Å²) in [5.41, 5.74) is 10.9. The van der Waals surface area contributed by atoms with Gasteiger partial charge in [-0.15, -0.1) is 0 Å². The molecule has 2 aromatic carbocycles. The third-order valence-corrected chi connectivity index (χ3v) is 2.91. The van der Waals surface area contributed by atoms with Crippen LogP contribution in [-0.4, -0.2) is 0 Å². The van der Waals surface area contributed by atoms with Gasteiger partial charge >= 0.3 is 0 Å². The summed E-state index contributed by atoms with van der Waals surface area (Å²) in [5, 5.41) is 3.97. The number of hydrogen-bond donors (Lipinski definition) is 2. The van der Waals surface area contributed by atoms with Crippen LogP contribution in [0.25, 0.3) is 0 Å². The van der Waals surface area contributed by atoms with Crippen molar-refractivity contribution in [2.45, 2.75) is 13.8 Å². The van der Waals surface area contributed by atoms with Crippen LogP contribution >= 0.6 is 11.6 Å². The zero-order valence-electron chi connectivity index (χ0n) is 9.92. The summed E-state index contributed by atoms with van der Waals surface area (Å²) >= 11 is 5.87. The summed E-state index contributed by atoms with van der Waals surface area (Å²) in [6.07, 6.45) is 0. The standard InChI is InChI=1S/C14H15ClN2/c1-9-3-4-10(2)14(7-9)17-13-6-5-11(15)8-12(13)16/h3-8,17H,16H2,1-2H3. The molecule has 0 aliphatic heterocycles. The molecule has 0 bridgehead atoms. The number of nitrogen functional groups attached to an aromatic ring is 1. The first-order chi connectivity index (χ1) is 8.06. The van der Waals surface area contributed by atoms with E-state index in [0.717, 1.165) is 11.4 Å². The Labute approximate surface area is 106 Å². The van der Waals surface area contributed by atoms with Crippen LogP contribution in [0.3, 0.4) is 0 Å². The van der Waals surface area contributed by atoms with Crippen LogP contribution in [0.15, 0.2) is 36.4 Å². The molecular weight excluding hydrogens is 232 g/mol. The minimum Gasteiger partial charge on any atom is -0.397 e. The van der Waals surface area contributed by atoms with E-state index in [1.165, 1.54) is 11.1 Å². The number of halogens is 1. The van der Waals surface area contributed by atoms with E-state index in [4.69, 9.17) is 17.3 Å². The molecule has 3 N–H and O–H groups in total. The van der Waals surface area contributed by atoms with Gasteiger partial charge in [0.15, 0.2) is 0 Å². The number of nitrogens with one attached hydrogen (secondary N) is 1. The molecule has 0 atom stereocenters. The molecule has 0 saturated heterocycles. The number of anilines is 3. The number of aryl methyl sites for hydroxylation is 2. The SMILES string of the molecule is Cc1ccc(C)c(Nc2ccc(Cl)cc2N)c1. The van der Waals surface area contributed by atoms with Crippen LogP contribution in [0, 0.1) is 13.8 Å². The topological polar surface area (TPSA) is 38.0 Å². The average molecular weight is 247 g/mol. The van der Waals surface area contributed by atoms with Gasteiger partial charge in [-0.2, -0.15) is 0 Å². The fraction of sp³-hybridized carbons (Fsp3) is 0.143. The predicted molar refractivity (Wildman–Crippen MR) is 75.1 cm³/mol. The highest BCUT2D eigenvalue weighted by atomic mass is 35.5. The van der Waals surface area contributed by atoms with E-state index in [9.17, 15) is 0 Å². The summed E-state index contributed by atoms with van der Waals surface area (Å²) < 4.78 is 0. The fourth-order valence-electron chi connectivity index (χ4n) is 1.66. The van der Waals surface area contributed by atoms with E-state index in [2.05, 4.69) is 37.4 Å². The predicted octanol–water partition coefficient (Wildman–Crippen LogP) is 4.28. The maximum atomic E-state index is 5.91. The molecule has 0 aliphatic rings. The second-order valence-corrected chi connectivity index (χ2v) is 4.61. The lowest BCUT2D eigenvalue weighted by Gasteiger charge is -2.12. The van der Waals surface area contributed by atoms with Crippen molar-refractivity contribution in [1.82, 2.24) is 0 Å². The lowest BCUT2D eigenvalue weighted by atomic mass is 10.1. The van der Waals surface area contributed by atoms with Gasteiger partial charge in [0.05, 0.1) is 11.4 Å². The van der Waals surface area contributed by atoms with Crippen LogP contribution in [0.1, 0.15) is 11.1 Å². The number of hydrogen-bond acceptors (Lipinski definition) is 2. The largest absolute Gasteiger partial charge is 0.397 e. The first-order valence-corrected chi connectivity index (χ1v) is 5.83. The molecule has 0 radical (unpaired) electrons. The van der Waals surface area contributed by atoms with Crippen molar-refractivity contribution in [3.05, 3.63) is 52.5 Å². The van der Waals surface area contributed by atoms with Crippen molar-refractivity contribution in [3.8, 4) is 0 Å². The Morgan fingerprint density at radius 1 is 1.00 bits per heavy atom. The normalized spacial score (nSPS) is 10.3. The highest BCUT2D eigenvalue weighted by Crippen LogP contribution is 2.28. The molecule has 0 fully saturated rings. The van der Waals surface area contributed by atoms with Crippen molar-refractivity contribution in [2.75, 3.05) is 11.1 Å². The lowest BCUT2D eigenvalue weighted by molar-refractivity contribution is 1.38. The summed E-state index contributed by atoms with van der Waals surface area (Å²) in [7, 11) is 0. The van der Waals surface area contributed by atoms with Crippen molar-refractivity contribution in [3.63, 3.8) is 0 Å². The molecule has 0 unspecified atom stereocenters. The van der Waals surface area contributed by atoms with Gasteiger partial charge in [-0.25, -0.2) is 0 Å². The summed E-state index contributed by atoms with van der Waals surface area (Å²) in [5.74, 6) is 0. The fourth-order valence-corrected chi connectivity index (χ4v) is 1.84. The van der Waals surface area contributed by atoms with Gasteiger partial charge < -0.3 is 11.1 Å². The Morgan fingerprint density at radius 2 is 1.76 bits per heavy atom. The molecule has 0 aliphatic carbocycles. The second-order valence-electron chi connectivity index (χ2n) is 4.17. The van der Waals surface area contributed by atoms with Crippen molar-refractivity contribution in [2.24, 2.45) is 0 Å². The maximum absolute atomic E-state index is 5.91. The van der Waals surface area contributed by atoms with Crippen LogP contribution in [0.2, 0.25) is 5.02 Å². The first kappa shape index (κ1) is 11.8. The minimum atomic E-state index is 0.647. The van der Waals surface area contributed by atoms with Gasteiger partial charge in [0.25, 0.3) is 0 Å². The quantitative estimate of drug-likeness (QED) is 0.776. The molecule has 2 aromatic rings. The van der Waals surface area contributed by atoms with Gasteiger partial charge in [-0.05, 0) is 49.2 Å². The van der Waals surface area contributed by atoms with Crippen LogP contribution in [0.4, 0.5) is 17.1 Å². The third kappa shape index (κ3) is 2.71. The van der Waals surface area contributed by atoms with E-state index in [1.54, 1.807) is 6.07 Å². The Hall–Kier alpha value is -1.67. The maximum Gasteiger partial charge on any atom is 0.0619 e. The minimum absolute atomic E-state index is 0.647. The number of nitrogens with two attached hydrogens (primary N) is 1. The Balaban J connectivity index is 2.34. The highest BCUT2D eigenvalue weighted by Gasteiger charge is 2.03. The molecule has 2 rings (SSSR count). The van der Waals surface area contributed by atoms with Crippen molar-refractivity contribution in [1.29, 1.82) is 0 Å². The van der Waals surface area contributed by atoms with E-state index < -0.39 is 0 Å². The number of benzene rings is 2. The monoisotopic (exact) mass is 246 g/mol. The van der Waals surface area contributed by atoms with E-state index in [0.29, 0.717) is 10.7 Å². The van der Waals surface area contributed by atoms with Gasteiger partial charge in [-0.1, -0.05) is 23.7 Å². The third-order valence-electron chi connectivity index (χ3n) is 2.68. The van der Waals surface area contributed by atoms with Crippen molar-refractivity contribution >= 4 is 28.7 Å². The summed E-state index contributed by atoms with van der Waals surface area (Å²) in [6.45, 7) is 4.13. The molecule has 88 valence electrons. The van der Waals surface area contributed by atoms with Gasteiger partial charge in [0.2, 0.25) is 0 Å². The van der Waals surface area contributed by atoms with Crippen LogP contribution in [0.5, 0.6) is 0 Å². The molecule has 0 saturated carbocycles.